The van der Waals surface area contributed by atoms with Gasteiger partial charge < -0.3 is 20.2 Å². The minimum atomic E-state index is -1.04. The second-order valence-corrected chi connectivity index (χ2v) is 9.10. The van der Waals surface area contributed by atoms with Gasteiger partial charge in [-0.1, -0.05) is 18.2 Å². The van der Waals surface area contributed by atoms with Crippen molar-refractivity contribution >= 4 is 34.7 Å². The van der Waals surface area contributed by atoms with Crippen LogP contribution in [0.15, 0.2) is 70.1 Å². The predicted molar refractivity (Wildman–Crippen MR) is 140 cm³/mol. The summed E-state index contributed by atoms with van der Waals surface area (Å²) in [4.78, 5) is 57.8. The number of fused-ring (bicyclic) bond motifs is 2. The fourth-order valence-electron chi connectivity index (χ4n) is 4.23. The van der Waals surface area contributed by atoms with E-state index in [2.05, 4.69) is 20.6 Å². The summed E-state index contributed by atoms with van der Waals surface area (Å²) in [6, 6.07) is 11.9. The molecule has 5 aromatic rings. The first-order chi connectivity index (χ1) is 18.6. The first-order valence-electron chi connectivity index (χ1n) is 12.0. The van der Waals surface area contributed by atoms with E-state index in [1.165, 1.54) is 33.4 Å². The molecule has 5 rings (SSSR count). The van der Waals surface area contributed by atoms with Gasteiger partial charge in [-0.25, -0.2) is 19.6 Å². The van der Waals surface area contributed by atoms with Crippen molar-refractivity contribution in [3.8, 4) is 0 Å². The number of nitrogens with one attached hydrogen (secondary N) is 2. The lowest BCUT2D eigenvalue weighted by Crippen LogP contribution is -2.31. The Labute approximate surface area is 220 Å². The van der Waals surface area contributed by atoms with Crippen LogP contribution in [0.2, 0.25) is 0 Å². The van der Waals surface area contributed by atoms with E-state index in [1.54, 1.807) is 57.4 Å². The monoisotopic (exact) mass is 528 g/mol. The maximum absolute atomic E-state index is 13.2. The lowest BCUT2D eigenvalue weighted by Gasteiger charge is -2.17. The van der Waals surface area contributed by atoms with Crippen molar-refractivity contribution in [2.75, 3.05) is 0 Å². The normalized spacial score (nSPS) is 12.8. The van der Waals surface area contributed by atoms with Gasteiger partial charge in [0.25, 0.3) is 11.8 Å². The molecule has 2 aromatic carbocycles. The largest absolute Gasteiger partial charge is 0.478 e. The van der Waals surface area contributed by atoms with E-state index in [4.69, 9.17) is 9.52 Å². The number of aromatic carboxylic acids is 1. The number of oxazole rings is 1. The number of nitrogens with zero attached hydrogens (tertiary/aromatic N) is 4. The highest BCUT2D eigenvalue weighted by molar-refractivity contribution is 5.98. The van der Waals surface area contributed by atoms with Crippen LogP contribution in [0.1, 0.15) is 68.4 Å². The van der Waals surface area contributed by atoms with Crippen molar-refractivity contribution in [2.24, 2.45) is 7.05 Å². The fraction of sp³-hybridized carbons (Fsp3) is 0.185. The van der Waals surface area contributed by atoms with Crippen molar-refractivity contribution < 1.29 is 23.9 Å². The second-order valence-electron chi connectivity index (χ2n) is 9.10. The molecule has 12 heteroatoms. The molecule has 2 amide bonds. The lowest BCUT2D eigenvalue weighted by molar-refractivity contribution is 0.0696. The third-order valence-electron chi connectivity index (χ3n) is 6.51. The molecule has 198 valence electrons. The van der Waals surface area contributed by atoms with E-state index in [-0.39, 0.29) is 22.7 Å². The Balaban J connectivity index is 1.37. The van der Waals surface area contributed by atoms with Gasteiger partial charge in [-0.05, 0) is 55.3 Å². The first kappa shape index (κ1) is 25.4. The number of hydrogen-bond donors (Lipinski definition) is 3. The number of carboxylic acids is 1. The first-order valence-corrected chi connectivity index (χ1v) is 12.0. The van der Waals surface area contributed by atoms with E-state index in [9.17, 15) is 19.2 Å². The second kappa shape index (κ2) is 9.89. The van der Waals surface area contributed by atoms with Crippen LogP contribution in [0, 0.1) is 0 Å². The fourth-order valence-corrected chi connectivity index (χ4v) is 4.23. The Morgan fingerprint density at radius 3 is 2.33 bits per heavy atom. The molecular weight excluding hydrogens is 504 g/mol. The third-order valence-corrected chi connectivity index (χ3v) is 6.51. The molecule has 0 aliphatic carbocycles. The average molecular weight is 529 g/mol. The molecule has 0 spiro atoms. The molecule has 3 heterocycles. The molecule has 3 N–H and O–H groups in total. The highest BCUT2D eigenvalue weighted by atomic mass is 16.4. The molecule has 0 radical (unpaired) electrons. The van der Waals surface area contributed by atoms with E-state index >= 15 is 0 Å². The predicted octanol–water partition coefficient (Wildman–Crippen LogP) is 2.85. The van der Waals surface area contributed by atoms with E-state index in [0.29, 0.717) is 16.7 Å². The standard InChI is InChI=1S/C27H24N6O6/c1-14(16-4-6-17(7-5-16)25(36)37)30-24(35)21-13-19(31-26-28-10-11-33(21)26)23(34)29-15(2)18-8-9-22-20(12-18)32(3)27(38)39-22/h4-15H,1-3H3,(H,29,34)(H,30,35)(H,36,37)/t14-,15+/m1/s1. The molecule has 0 saturated heterocycles. The van der Waals surface area contributed by atoms with Crippen LogP contribution in [-0.2, 0) is 7.05 Å². The van der Waals surface area contributed by atoms with Crippen LogP contribution in [0.3, 0.4) is 0 Å². The van der Waals surface area contributed by atoms with Crippen LogP contribution < -0.4 is 16.4 Å². The number of aryl methyl sites for hydroxylation is 1. The third kappa shape index (κ3) is 4.87. The Hall–Kier alpha value is -5.26. The molecule has 2 atom stereocenters. The summed E-state index contributed by atoms with van der Waals surface area (Å²) in [7, 11) is 1.60. The summed E-state index contributed by atoms with van der Waals surface area (Å²) in [5, 5.41) is 14.8. The van der Waals surface area contributed by atoms with Gasteiger partial charge in [0.05, 0.1) is 23.2 Å². The maximum atomic E-state index is 13.2. The highest BCUT2D eigenvalue weighted by Gasteiger charge is 2.21. The van der Waals surface area contributed by atoms with Gasteiger partial charge in [0.1, 0.15) is 11.4 Å². The average Bonchev–Trinajstić information content (AvgIpc) is 3.51. The number of carbonyl (C=O) groups is 3. The van der Waals surface area contributed by atoms with Crippen molar-refractivity contribution in [3.05, 3.63) is 99.6 Å². The number of amides is 2. The van der Waals surface area contributed by atoms with Gasteiger partial charge in [0.15, 0.2) is 5.58 Å². The number of benzene rings is 2. The van der Waals surface area contributed by atoms with Gasteiger partial charge in [-0.15, -0.1) is 0 Å². The highest BCUT2D eigenvalue weighted by Crippen LogP contribution is 2.20. The number of carbonyl (C=O) groups excluding carboxylic acids is 2. The number of aromatic nitrogens is 4. The Morgan fingerprint density at radius 1 is 0.949 bits per heavy atom. The smallest absolute Gasteiger partial charge is 0.419 e. The molecular formula is C27H24N6O6. The zero-order valence-electron chi connectivity index (χ0n) is 21.2. The Kier molecular flexibility index (Phi) is 6.44. The Morgan fingerprint density at radius 2 is 1.62 bits per heavy atom. The summed E-state index contributed by atoms with van der Waals surface area (Å²) in [6.07, 6.45) is 3.04. The molecule has 3 aromatic heterocycles. The zero-order chi connectivity index (χ0) is 27.8. The summed E-state index contributed by atoms with van der Waals surface area (Å²) >= 11 is 0. The van der Waals surface area contributed by atoms with Gasteiger partial charge in [0.2, 0.25) is 5.78 Å². The molecule has 39 heavy (non-hydrogen) atoms. The Bertz CT molecular complexity index is 1800. The molecule has 0 unspecified atom stereocenters. The molecule has 12 nitrogen and oxygen atoms in total. The van der Waals surface area contributed by atoms with Gasteiger partial charge in [0, 0.05) is 19.4 Å². The summed E-state index contributed by atoms with van der Waals surface area (Å²) < 4.78 is 8.02. The van der Waals surface area contributed by atoms with E-state index in [1.807, 2.05) is 0 Å². The SMILES string of the molecule is C[C@H](NC(=O)c1cc(C(=O)N[C@H](C)c2ccc(C(=O)O)cc2)n2ccnc2n1)c1ccc2oc(=O)n(C)c2c1. The minimum Gasteiger partial charge on any atom is -0.478 e. The van der Waals surface area contributed by atoms with Crippen LogP contribution in [0.25, 0.3) is 16.9 Å². The summed E-state index contributed by atoms with van der Waals surface area (Å²) in [6.45, 7) is 3.55. The van der Waals surface area contributed by atoms with Gasteiger partial charge in [-0.2, -0.15) is 0 Å². The number of carboxylic acid groups (broad SMARTS) is 1. The lowest BCUT2D eigenvalue weighted by atomic mass is 10.1. The molecule has 0 saturated carbocycles. The molecule has 0 aliphatic heterocycles. The minimum absolute atomic E-state index is 0.000883. The number of hydrogen-bond acceptors (Lipinski definition) is 7. The van der Waals surface area contributed by atoms with Crippen molar-refractivity contribution in [1.29, 1.82) is 0 Å². The number of rotatable bonds is 7. The maximum Gasteiger partial charge on any atom is 0.419 e. The van der Waals surface area contributed by atoms with Crippen LogP contribution in [-0.4, -0.2) is 41.8 Å². The quantitative estimate of drug-likeness (QED) is 0.291. The zero-order valence-corrected chi connectivity index (χ0v) is 21.2. The molecule has 0 aliphatic rings. The summed E-state index contributed by atoms with van der Waals surface area (Å²) in [5.74, 6) is -2.32. The van der Waals surface area contributed by atoms with Crippen molar-refractivity contribution in [2.45, 2.75) is 25.9 Å². The molecule has 0 bridgehead atoms. The van der Waals surface area contributed by atoms with E-state index < -0.39 is 35.6 Å². The van der Waals surface area contributed by atoms with Crippen molar-refractivity contribution in [3.63, 3.8) is 0 Å². The van der Waals surface area contributed by atoms with Gasteiger partial charge in [-0.3, -0.25) is 18.6 Å². The summed E-state index contributed by atoms with van der Waals surface area (Å²) in [5.41, 5.74) is 2.79. The molecule has 0 fully saturated rings. The van der Waals surface area contributed by atoms with Crippen LogP contribution in [0.5, 0.6) is 0 Å². The van der Waals surface area contributed by atoms with E-state index in [0.717, 1.165) is 5.56 Å². The number of imidazole rings is 1. The van der Waals surface area contributed by atoms with Crippen LogP contribution >= 0.6 is 0 Å². The van der Waals surface area contributed by atoms with Gasteiger partial charge >= 0.3 is 11.7 Å². The van der Waals surface area contributed by atoms with Crippen LogP contribution in [0.4, 0.5) is 0 Å². The topological polar surface area (TPSA) is 161 Å². The van der Waals surface area contributed by atoms with Crippen molar-refractivity contribution in [1.82, 2.24) is 29.6 Å².